The van der Waals surface area contributed by atoms with Crippen molar-refractivity contribution in [1.29, 1.82) is 0 Å². The van der Waals surface area contributed by atoms with Gasteiger partial charge in [-0.2, -0.15) is 13.2 Å². The van der Waals surface area contributed by atoms with Gasteiger partial charge in [-0.25, -0.2) is 14.8 Å². The lowest BCUT2D eigenvalue weighted by molar-refractivity contribution is -0.138. The summed E-state index contributed by atoms with van der Waals surface area (Å²) in [5.41, 5.74) is 2.18. The Morgan fingerprint density at radius 1 is 0.943 bits per heavy atom. The molecule has 0 saturated carbocycles. The van der Waals surface area contributed by atoms with Crippen molar-refractivity contribution in [2.45, 2.75) is 44.4 Å². The van der Waals surface area contributed by atoms with Crippen molar-refractivity contribution in [3.8, 4) is 0 Å². The highest BCUT2D eigenvalue weighted by molar-refractivity contribution is 6.01. The number of hydrogen-bond acceptors (Lipinski definition) is 4. The predicted molar refractivity (Wildman–Crippen MR) is 120 cm³/mol. The first-order valence-corrected chi connectivity index (χ1v) is 11.6. The molecule has 0 aromatic heterocycles. The summed E-state index contributed by atoms with van der Waals surface area (Å²) in [6.07, 6.45) is -2.92. The summed E-state index contributed by atoms with van der Waals surface area (Å²) in [6.45, 7) is 2.40. The highest BCUT2D eigenvalue weighted by Gasteiger charge is 2.38. The molecule has 1 N–H and O–H groups in total. The maximum atomic E-state index is 13.4. The van der Waals surface area contributed by atoms with Crippen LogP contribution in [0.3, 0.4) is 0 Å². The molecule has 2 saturated heterocycles. The Morgan fingerprint density at radius 2 is 1.69 bits per heavy atom. The predicted octanol–water partition coefficient (Wildman–Crippen LogP) is 3.90. The molecule has 0 bridgehead atoms. The van der Waals surface area contributed by atoms with Crippen molar-refractivity contribution in [1.82, 2.24) is 20.2 Å². The number of carbonyl (C=O) groups excluding carboxylic acids is 3. The molecule has 0 unspecified atom stereocenters. The van der Waals surface area contributed by atoms with Gasteiger partial charge in [-0.1, -0.05) is 30.3 Å². The molecule has 0 radical (unpaired) electrons. The molecular weight excluding hydrogens is 461 g/mol. The van der Waals surface area contributed by atoms with Crippen LogP contribution in [0.4, 0.5) is 18.0 Å². The van der Waals surface area contributed by atoms with E-state index < -0.39 is 17.8 Å². The van der Waals surface area contributed by atoms with Gasteiger partial charge in [0.05, 0.1) is 18.7 Å². The minimum Gasteiger partial charge on any atom is -0.299 e. The zero-order valence-corrected chi connectivity index (χ0v) is 19.0. The lowest BCUT2D eigenvalue weighted by Gasteiger charge is -2.33. The highest BCUT2D eigenvalue weighted by atomic mass is 19.4. The highest BCUT2D eigenvalue weighted by Crippen LogP contribution is 2.39. The fourth-order valence-corrected chi connectivity index (χ4v) is 5.21. The van der Waals surface area contributed by atoms with Gasteiger partial charge in [0.2, 0.25) is 5.91 Å². The number of rotatable bonds is 4. The number of alkyl halides is 3. The van der Waals surface area contributed by atoms with Crippen LogP contribution in [0, 0.1) is 0 Å². The number of imide groups is 1. The van der Waals surface area contributed by atoms with Crippen LogP contribution in [-0.4, -0.2) is 52.4 Å². The zero-order valence-electron chi connectivity index (χ0n) is 19.0. The van der Waals surface area contributed by atoms with E-state index in [0.717, 1.165) is 17.2 Å². The fraction of sp³-hybridized carbons (Fsp3) is 0.400. The molecule has 0 spiro atoms. The van der Waals surface area contributed by atoms with E-state index in [4.69, 9.17) is 0 Å². The number of likely N-dealkylation sites (tertiary alicyclic amines) is 1. The average Bonchev–Trinajstić information content (AvgIpc) is 3.14. The Bertz CT molecular complexity index is 1170. The number of urea groups is 1. The Hall–Kier alpha value is -3.40. The van der Waals surface area contributed by atoms with Gasteiger partial charge in [-0.15, -0.1) is 0 Å². The van der Waals surface area contributed by atoms with Gasteiger partial charge in [0.1, 0.15) is 0 Å². The molecule has 2 fully saturated rings. The summed E-state index contributed by atoms with van der Waals surface area (Å²) in [5, 5.41) is 4.86. The molecule has 0 aliphatic carbocycles. The first-order chi connectivity index (χ1) is 16.7. The Labute approximate surface area is 200 Å². The van der Waals surface area contributed by atoms with E-state index in [-0.39, 0.29) is 37.2 Å². The number of benzene rings is 2. The van der Waals surface area contributed by atoms with Gasteiger partial charge in [0.25, 0.3) is 5.91 Å². The largest absolute Gasteiger partial charge is 0.416 e. The number of hydrogen-bond donors (Lipinski definition) is 1. The number of nitrogens with zero attached hydrogens (tertiary/aromatic N) is 3. The fourth-order valence-electron chi connectivity index (χ4n) is 5.21. The van der Waals surface area contributed by atoms with Crippen molar-refractivity contribution in [3.63, 3.8) is 0 Å². The van der Waals surface area contributed by atoms with Crippen LogP contribution in [-0.2, 0) is 24.1 Å². The molecule has 2 aromatic rings. The second-order valence-corrected chi connectivity index (χ2v) is 9.22. The lowest BCUT2D eigenvalue weighted by atomic mass is 9.86. The topological polar surface area (TPSA) is 73.0 Å². The summed E-state index contributed by atoms with van der Waals surface area (Å²) in [5.74, 6) is -0.763. The lowest BCUT2D eigenvalue weighted by Crippen LogP contribution is -2.56. The molecule has 184 valence electrons. The second kappa shape index (κ2) is 8.99. The van der Waals surface area contributed by atoms with Gasteiger partial charge < -0.3 is 0 Å². The molecule has 3 aliphatic rings. The van der Waals surface area contributed by atoms with Gasteiger partial charge in [-0.05, 0) is 60.7 Å². The number of carbonyl (C=O) groups is 3. The van der Waals surface area contributed by atoms with Gasteiger partial charge in [-0.3, -0.25) is 19.8 Å². The van der Waals surface area contributed by atoms with Gasteiger partial charge in [0.15, 0.2) is 0 Å². The van der Waals surface area contributed by atoms with Gasteiger partial charge in [0, 0.05) is 18.5 Å². The summed E-state index contributed by atoms with van der Waals surface area (Å²) in [7, 11) is 0. The van der Waals surface area contributed by atoms with Gasteiger partial charge >= 0.3 is 12.2 Å². The van der Waals surface area contributed by atoms with Crippen LogP contribution in [0.5, 0.6) is 0 Å². The Balaban J connectivity index is 1.22. The molecule has 4 amide bonds. The van der Waals surface area contributed by atoms with E-state index in [1.807, 2.05) is 12.1 Å². The van der Waals surface area contributed by atoms with Crippen molar-refractivity contribution < 1.29 is 27.6 Å². The van der Waals surface area contributed by atoms with E-state index in [1.54, 1.807) is 18.2 Å². The Kier molecular flexibility index (Phi) is 6.00. The van der Waals surface area contributed by atoms with Crippen LogP contribution >= 0.6 is 0 Å². The van der Waals surface area contributed by atoms with Crippen LogP contribution in [0.1, 0.15) is 57.8 Å². The third kappa shape index (κ3) is 4.62. The molecule has 35 heavy (non-hydrogen) atoms. The SMILES string of the molecule is O=C1CCN(N2Cc3cc(CN4CCC(c5ccccc5C(F)(F)F)CC4)ccc3C2=O)C(=O)N1. The first kappa shape index (κ1) is 23.3. The van der Waals surface area contributed by atoms with E-state index in [9.17, 15) is 27.6 Å². The second-order valence-electron chi connectivity index (χ2n) is 9.22. The first-order valence-electron chi connectivity index (χ1n) is 11.6. The van der Waals surface area contributed by atoms with Crippen LogP contribution in [0.2, 0.25) is 0 Å². The average molecular weight is 486 g/mol. The van der Waals surface area contributed by atoms with E-state index in [2.05, 4.69) is 10.2 Å². The minimum absolute atomic E-state index is 0.127. The molecule has 3 aliphatic heterocycles. The number of halogens is 3. The zero-order chi connectivity index (χ0) is 24.7. The smallest absolute Gasteiger partial charge is 0.299 e. The Morgan fingerprint density at radius 3 is 2.40 bits per heavy atom. The van der Waals surface area contributed by atoms with Crippen LogP contribution in [0.25, 0.3) is 0 Å². The molecule has 3 heterocycles. The molecular formula is C25H25F3N4O3. The van der Waals surface area contributed by atoms with Crippen molar-refractivity contribution in [2.75, 3.05) is 19.6 Å². The summed E-state index contributed by atoms with van der Waals surface area (Å²) >= 11 is 0. The van der Waals surface area contributed by atoms with Crippen molar-refractivity contribution in [3.05, 3.63) is 70.3 Å². The maximum absolute atomic E-state index is 13.4. The third-order valence-corrected chi connectivity index (χ3v) is 6.98. The maximum Gasteiger partial charge on any atom is 0.416 e. The number of amides is 4. The van der Waals surface area contributed by atoms with E-state index in [1.165, 1.54) is 16.1 Å². The standard InChI is InChI=1S/C25H25F3N4O3/c26-25(27,28)21-4-2-1-3-19(21)17-7-10-30(11-8-17)14-16-5-6-20-18(13-16)15-32(23(20)34)31-12-9-22(33)29-24(31)35/h1-6,13,17H,7-12,14-15H2,(H,29,33,35). The normalized spacial score (nSPS) is 19.8. The summed E-state index contributed by atoms with van der Waals surface area (Å²) in [6, 6.07) is 10.8. The van der Waals surface area contributed by atoms with Crippen LogP contribution in [0.15, 0.2) is 42.5 Å². The van der Waals surface area contributed by atoms with E-state index >= 15 is 0 Å². The quantitative estimate of drug-likeness (QED) is 0.712. The van der Waals surface area contributed by atoms with Crippen molar-refractivity contribution >= 4 is 17.8 Å². The number of piperidine rings is 1. The molecule has 10 heteroatoms. The summed E-state index contributed by atoms with van der Waals surface area (Å²) < 4.78 is 40.2. The van der Waals surface area contributed by atoms with Crippen molar-refractivity contribution in [2.24, 2.45) is 0 Å². The monoisotopic (exact) mass is 486 g/mol. The molecule has 5 rings (SSSR count). The molecule has 2 aromatic carbocycles. The number of nitrogens with one attached hydrogen (secondary N) is 1. The minimum atomic E-state index is -4.35. The number of hydrazine groups is 1. The summed E-state index contributed by atoms with van der Waals surface area (Å²) in [4.78, 5) is 38.6. The van der Waals surface area contributed by atoms with E-state index in [0.29, 0.717) is 43.6 Å². The molecule has 7 nitrogen and oxygen atoms in total. The molecule has 0 atom stereocenters. The van der Waals surface area contributed by atoms with Crippen LogP contribution < -0.4 is 5.32 Å². The third-order valence-electron chi connectivity index (χ3n) is 6.98. The number of fused-ring (bicyclic) bond motifs is 1.